The van der Waals surface area contributed by atoms with Gasteiger partial charge in [0.25, 0.3) is 0 Å². The van der Waals surface area contributed by atoms with Crippen molar-refractivity contribution in [3.8, 4) is 5.75 Å². The molecule has 0 spiro atoms. The third-order valence-corrected chi connectivity index (χ3v) is 7.40. The van der Waals surface area contributed by atoms with Crippen molar-refractivity contribution < 1.29 is 31.4 Å². The Bertz CT molecular complexity index is 695. The summed E-state index contributed by atoms with van der Waals surface area (Å²) < 4.78 is 79.5. The first-order valence-electron chi connectivity index (χ1n) is 11.2. The lowest BCUT2D eigenvalue weighted by atomic mass is 9.75. The fourth-order valence-electron chi connectivity index (χ4n) is 5.62. The molecule has 1 aliphatic heterocycles. The molecule has 2 atom stereocenters. The molecule has 168 valence electrons. The molecule has 2 nitrogen and oxygen atoms in total. The molecule has 1 heterocycles. The van der Waals surface area contributed by atoms with E-state index >= 15 is 0 Å². The average molecular weight is 432 g/mol. The van der Waals surface area contributed by atoms with Gasteiger partial charge in [-0.15, -0.1) is 0 Å². The van der Waals surface area contributed by atoms with Crippen molar-refractivity contribution in [1.29, 1.82) is 0 Å². The average Bonchev–Trinajstić information content (AvgIpc) is 3.27. The number of halogens is 5. The molecule has 2 saturated carbocycles. The topological polar surface area (TPSA) is 18.5 Å². The number of benzene rings is 1. The molecule has 0 radical (unpaired) electrons. The maximum atomic E-state index is 14.6. The highest BCUT2D eigenvalue weighted by Gasteiger charge is 2.45. The van der Waals surface area contributed by atoms with Crippen LogP contribution in [-0.2, 0) is 4.74 Å². The fraction of sp³-hybridized carbons (Fsp3) is 0.739. The minimum atomic E-state index is -3.57. The predicted molar refractivity (Wildman–Crippen MR) is 102 cm³/mol. The van der Waals surface area contributed by atoms with Crippen LogP contribution in [-0.4, -0.2) is 18.8 Å². The molecular weight excluding hydrogens is 403 g/mol. The number of hydrogen-bond acceptors (Lipinski definition) is 2. The van der Waals surface area contributed by atoms with Gasteiger partial charge in [0.2, 0.25) is 0 Å². The molecule has 0 bridgehead atoms. The molecule has 1 saturated heterocycles. The summed E-state index contributed by atoms with van der Waals surface area (Å²) in [5, 5.41) is 0. The summed E-state index contributed by atoms with van der Waals surface area (Å²) in [5.41, 5.74) is 0. The number of hydrogen-bond donors (Lipinski definition) is 0. The molecule has 3 fully saturated rings. The monoisotopic (exact) mass is 432 g/mol. The summed E-state index contributed by atoms with van der Waals surface area (Å²) in [4.78, 5) is 0. The molecule has 1 aromatic rings. The van der Waals surface area contributed by atoms with E-state index in [1.807, 2.05) is 0 Å². The Morgan fingerprint density at radius 2 is 1.37 bits per heavy atom. The molecule has 3 aliphatic rings. The van der Waals surface area contributed by atoms with E-state index in [4.69, 9.17) is 4.74 Å². The second-order valence-corrected chi connectivity index (χ2v) is 9.23. The van der Waals surface area contributed by atoms with E-state index in [9.17, 15) is 22.0 Å². The Morgan fingerprint density at radius 1 is 0.767 bits per heavy atom. The Kier molecular flexibility index (Phi) is 6.56. The first-order valence-corrected chi connectivity index (χ1v) is 11.2. The third-order valence-electron chi connectivity index (χ3n) is 7.40. The molecule has 1 aromatic carbocycles. The molecule has 0 N–H and O–H groups in total. The second-order valence-electron chi connectivity index (χ2n) is 9.23. The van der Waals surface area contributed by atoms with Crippen LogP contribution < -0.4 is 4.74 Å². The van der Waals surface area contributed by atoms with Crippen LogP contribution in [0, 0.1) is 41.1 Å². The summed E-state index contributed by atoms with van der Waals surface area (Å²) in [5.74, 6) is -4.83. The van der Waals surface area contributed by atoms with Gasteiger partial charge >= 0.3 is 6.11 Å². The van der Waals surface area contributed by atoms with Crippen LogP contribution in [0.25, 0.3) is 0 Å². The van der Waals surface area contributed by atoms with Crippen LogP contribution in [0.2, 0.25) is 0 Å². The summed E-state index contributed by atoms with van der Waals surface area (Å²) in [6.45, 7) is 0.788. The van der Waals surface area contributed by atoms with Crippen LogP contribution >= 0.6 is 0 Å². The Hall–Kier alpha value is -1.37. The van der Waals surface area contributed by atoms with Gasteiger partial charge in [-0.1, -0.05) is 25.7 Å². The molecule has 4 rings (SSSR count). The van der Waals surface area contributed by atoms with Gasteiger partial charge in [-0.05, 0) is 56.3 Å². The molecule has 2 unspecified atom stereocenters. The summed E-state index contributed by atoms with van der Waals surface area (Å²) >= 11 is 0. The Morgan fingerprint density at radius 3 is 1.93 bits per heavy atom. The molecule has 0 aromatic heterocycles. The second kappa shape index (κ2) is 9.01. The van der Waals surface area contributed by atoms with E-state index in [1.54, 1.807) is 0 Å². The number of alkyl halides is 2. The van der Waals surface area contributed by atoms with Crippen molar-refractivity contribution in [2.45, 2.75) is 76.4 Å². The lowest BCUT2D eigenvalue weighted by molar-refractivity contribution is -0.225. The first-order chi connectivity index (χ1) is 14.3. The zero-order chi connectivity index (χ0) is 21.3. The molecular formula is C23H29F5O2. The van der Waals surface area contributed by atoms with E-state index < -0.39 is 35.2 Å². The van der Waals surface area contributed by atoms with Crippen molar-refractivity contribution in [3.63, 3.8) is 0 Å². The van der Waals surface area contributed by atoms with Crippen LogP contribution in [0.15, 0.2) is 12.1 Å². The lowest BCUT2D eigenvalue weighted by Crippen LogP contribution is -2.40. The van der Waals surface area contributed by atoms with Crippen molar-refractivity contribution >= 4 is 0 Å². The summed E-state index contributed by atoms with van der Waals surface area (Å²) in [7, 11) is 0. The standard InChI is InChI=1S/C23H29F5O2/c24-19-11-18(12-20(25)22(19)26)30-23(27,28)17-8-5-15(6-9-17)21-10-7-16(13-29-21)14-3-1-2-4-14/h11-12,14-17,21H,1-10,13H2. The van der Waals surface area contributed by atoms with Crippen molar-refractivity contribution in [2.24, 2.45) is 23.7 Å². The lowest BCUT2D eigenvalue weighted by Gasteiger charge is -2.40. The van der Waals surface area contributed by atoms with Crippen molar-refractivity contribution in [2.75, 3.05) is 6.61 Å². The van der Waals surface area contributed by atoms with Gasteiger partial charge in [0.15, 0.2) is 17.5 Å². The minimum absolute atomic E-state index is 0.137. The zero-order valence-electron chi connectivity index (χ0n) is 17.0. The molecule has 7 heteroatoms. The van der Waals surface area contributed by atoms with Crippen molar-refractivity contribution in [1.82, 2.24) is 0 Å². The van der Waals surface area contributed by atoms with Crippen LogP contribution in [0.4, 0.5) is 22.0 Å². The van der Waals surface area contributed by atoms with Crippen molar-refractivity contribution in [3.05, 3.63) is 29.6 Å². The Balaban J connectivity index is 1.27. The van der Waals surface area contributed by atoms with Gasteiger partial charge in [-0.2, -0.15) is 8.78 Å². The maximum absolute atomic E-state index is 14.6. The zero-order valence-corrected chi connectivity index (χ0v) is 17.0. The van der Waals surface area contributed by atoms with Gasteiger partial charge in [-0.25, -0.2) is 13.2 Å². The summed E-state index contributed by atoms with van der Waals surface area (Å²) in [6.07, 6.45) is 5.75. The fourth-order valence-corrected chi connectivity index (χ4v) is 5.62. The van der Waals surface area contributed by atoms with Gasteiger partial charge in [-0.3, -0.25) is 0 Å². The van der Waals surface area contributed by atoms with Gasteiger partial charge in [0.1, 0.15) is 5.75 Å². The van der Waals surface area contributed by atoms with E-state index in [2.05, 4.69) is 4.74 Å². The smallest absolute Gasteiger partial charge is 0.400 e. The van der Waals surface area contributed by atoms with Crippen LogP contribution in [0.3, 0.4) is 0 Å². The highest BCUT2D eigenvalue weighted by molar-refractivity contribution is 5.25. The normalized spacial score (nSPS) is 31.1. The van der Waals surface area contributed by atoms with E-state index in [0.717, 1.165) is 25.4 Å². The predicted octanol–water partition coefficient (Wildman–Crippen LogP) is 6.87. The SMILES string of the molecule is Fc1cc(OC(F)(F)C2CCC(C3CCC(C4CCCC4)CO3)CC2)cc(F)c1F. The number of ether oxygens (including phenoxy) is 2. The largest absolute Gasteiger partial charge is 0.432 e. The van der Waals surface area contributed by atoms with E-state index in [0.29, 0.717) is 30.9 Å². The Labute approximate surface area is 174 Å². The number of rotatable bonds is 5. The van der Waals surface area contributed by atoms with Gasteiger partial charge in [0.05, 0.1) is 18.6 Å². The molecule has 2 aliphatic carbocycles. The van der Waals surface area contributed by atoms with E-state index in [1.165, 1.54) is 25.7 Å². The minimum Gasteiger partial charge on any atom is -0.432 e. The van der Waals surface area contributed by atoms with Crippen LogP contribution in [0.5, 0.6) is 5.75 Å². The van der Waals surface area contributed by atoms with Gasteiger partial charge < -0.3 is 9.47 Å². The van der Waals surface area contributed by atoms with E-state index in [-0.39, 0.29) is 24.9 Å². The molecule has 30 heavy (non-hydrogen) atoms. The van der Waals surface area contributed by atoms with Gasteiger partial charge in [0, 0.05) is 12.1 Å². The first kappa shape index (κ1) is 21.8. The summed E-state index contributed by atoms with van der Waals surface area (Å²) in [6, 6.07) is 0.906. The quantitative estimate of drug-likeness (QED) is 0.373. The third kappa shape index (κ3) is 4.76. The van der Waals surface area contributed by atoms with Crippen LogP contribution in [0.1, 0.15) is 64.2 Å². The maximum Gasteiger partial charge on any atom is 0.400 e. The highest BCUT2D eigenvalue weighted by atomic mass is 19.3. The molecule has 0 amide bonds. The highest BCUT2D eigenvalue weighted by Crippen LogP contribution is 2.44.